The Bertz CT molecular complexity index is 1680. The number of nitrogens with one attached hydrogen (secondary N) is 1. The van der Waals surface area contributed by atoms with Crippen LogP contribution in [0.25, 0.3) is 0 Å². The topological polar surface area (TPSA) is 92.8 Å². The van der Waals surface area contributed by atoms with Crippen molar-refractivity contribution < 1.29 is 23.9 Å². The summed E-state index contributed by atoms with van der Waals surface area (Å²) in [7, 11) is 0. The van der Waals surface area contributed by atoms with Crippen molar-refractivity contribution in [2.45, 2.75) is 25.7 Å². The molecule has 0 radical (unpaired) electrons. The molecule has 42 heavy (non-hydrogen) atoms. The van der Waals surface area contributed by atoms with E-state index < -0.39 is 30.3 Å². The highest BCUT2D eigenvalue weighted by molar-refractivity contribution is 6.23. The van der Waals surface area contributed by atoms with E-state index in [0.717, 1.165) is 33.4 Å². The summed E-state index contributed by atoms with van der Waals surface area (Å²) in [6.45, 7) is 3.42. The van der Waals surface area contributed by atoms with Gasteiger partial charge in [0.25, 0.3) is 5.91 Å². The number of carbonyl (C=O) groups excluding carboxylic acids is 4. The number of imide groups is 1. The highest BCUT2D eigenvalue weighted by atomic mass is 16.5. The largest absolute Gasteiger partial charge is 0.452 e. The SMILES string of the molecule is Cc1cccc(NC(=O)COC(=O)c2ccc(N3C(=O)[C@@H]4C5c6ccccc6C(c6ccccc65)[C@@H]4C3=O)cc2)c1C. The number of nitrogens with zero attached hydrogens (tertiary/aromatic N) is 1. The molecule has 0 unspecified atom stereocenters. The summed E-state index contributed by atoms with van der Waals surface area (Å²) in [4.78, 5) is 54.2. The number of esters is 1. The van der Waals surface area contributed by atoms with Crippen LogP contribution in [0.2, 0.25) is 0 Å². The summed E-state index contributed by atoms with van der Waals surface area (Å²) < 4.78 is 5.23. The lowest BCUT2D eigenvalue weighted by Crippen LogP contribution is -2.41. The number of rotatable bonds is 5. The van der Waals surface area contributed by atoms with Crippen LogP contribution in [-0.4, -0.2) is 30.3 Å². The number of ether oxygens (including phenoxy) is 1. The van der Waals surface area contributed by atoms with Crippen molar-refractivity contribution in [3.63, 3.8) is 0 Å². The van der Waals surface area contributed by atoms with E-state index in [1.807, 2.05) is 50.2 Å². The van der Waals surface area contributed by atoms with Crippen molar-refractivity contribution >= 4 is 35.1 Å². The highest BCUT2D eigenvalue weighted by Crippen LogP contribution is 2.61. The molecule has 8 rings (SSSR count). The van der Waals surface area contributed by atoms with E-state index in [4.69, 9.17) is 4.74 Å². The molecule has 7 nitrogen and oxygen atoms in total. The third-order valence-corrected chi connectivity index (χ3v) is 9.02. The molecule has 208 valence electrons. The third-order valence-electron chi connectivity index (χ3n) is 9.02. The van der Waals surface area contributed by atoms with Gasteiger partial charge >= 0.3 is 5.97 Å². The lowest BCUT2D eigenvalue weighted by Gasteiger charge is -2.45. The van der Waals surface area contributed by atoms with Gasteiger partial charge in [0.1, 0.15) is 0 Å². The number of benzene rings is 4. The summed E-state index contributed by atoms with van der Waals surface area (Å²) in [5.41, 5.74) is 7.75. The van der Waals surface area contributed by atoms with E-state index in [1.165, 1.54) is 17.0 Å². The monoisotopic (exact) mass is 556 g/mol. The summed E-state index contributed by atoms with van der Waals surface area (Å²) >= 11 is 0. The van der Waals surface area contributed by atoms with Gasteiger partial charge in [0.05, 0.1) is 23.1 Å². The van der Waals surface area contributed by atoms with Gasteiger partial charge in [-0.15, -0.1) is 0 Å². The first-order chi connectivity index (χ1) is 20.3. The molecule has 3 amide bonds. The quantitative estimate of drug-likeness (QED) is 0.259. The van der Waals surface area contributed by atoms with Gasteiger partial charge in [0.2, 0.25) is 11.8 Å². The lowest BCUT2D eigenvalue weighted by molar-refractivity contribution is -0.122. The van der Waals surface area contributed by atoms with Crippen LogP contribution in [0.4, 0.5) is 11.4 Å². The van der Waals surface area contributed by atoms with Crippen LogP contribution in [0.1, 0.15) is 55.6 Å². The Kier molecular flexibility index (Phi) is 6.04. The maximum atomic E-state index is 13.9. The van der Waals surface area contributed by atoms with E-state index in [-0.39, 0.29) is 29.2 Å². The Morgan fingerprint density at radius 2 is 1.24 bits per heavy atom. The fraction of sp³-hybridized carbons (Fsp3) is 0.200. The number of hydrogen-bond donors (Lipinski definition) is 1. The number of amides is 3. The van der Waals surface area contributed by atoms with E-state index >= 15 is 0 Å². The molecule has 1 saturated heterocycles. The normalized spacial score (nSPS) is 21.4. The molecule has 4 aromatic carbocycles. The van der Waals surface area contributed by atoms with Crippen molar-refractivity contribution in [1.29, 1.82) is 0 Å². The van der Waals surface area contributed by atoms with E-state index in [9.17, 15) is 19.2 Å². The zero-order valence-electron chi connectivity index (χ0n) is 23.2. The number of anilines is 2. The molecule has 0 saturated carbocycles. The Morgan fingerprint density at radius 1 is 0.714 bits per heavy atom. The van der Waals surface area contributed by atoms with E-state index in [2.05, 4.69) is 29.6 Å². The summed E-state index contributed by atoms with van der Waals surface area (Å²) in [6.07, 6.45) is 0. The molecule has 4 aromatic rings. The molecule has 2 atom stereocenters. The zero-order valence-corrected chi connectivity index (χ0v) is 23.2. The Labute approximate surface area is 243 Å². The van der Waals surface area contributed by atoms with Crippen molar-refractivity contribution in [3.8, 4) is 0 Å². The molecular formula is C35H28N2O5. The molecule has 2 bridgehead atoms. The first kappa shape index (κ1) is 25.9. The van der Waals surface area contributed by atoms with Crippen LogP contribution in [-0.2, 0) is 19.1 Å². The Hall–Kier alpha value is -5.04. The number of carbonyl (C=O) groups is 4. The molecule has 1 N–H and O–H groups in total. The van der Waals surface area contributed by atoms with Gasteiger partial charge in [-0.25, -0.2) is 9.69 Å². The molecule has 1 heterocycles. The Morgan fingerprint density at radius 3 is 1.76 bits per heavy atom. The standard InChI is InChI=1S/C35H28N2O5/c1-19-8-7-13-27(20(19)2)36-28(38)18-42-35(41)21-14-16-22(17-15-21)37-33(39)31-29-23-9-3-4-10-24(23)30(32(31)34(37)40)26-12-6-5-11-25(26)29/h3-17,29-32H,18H2,1-2H3,(H,36,38)/t29?,30?,31-,32+. The first-order valence-corrected chi connectivity index (χ1v) is 14.0. The second-order valence-electron chi connectivity index (χ2n) is 11.2. The molecule has 7 heteroatoms. The van der Waals surface area contributed by atoms with Crippen LogP contribution in [0, 0.1) is 25.7 Å². The average molecular weight is 557 g/mol. The molecule has 0 aromatic heterocycles. The fourth-order valence-electron chi connectivity index (χ4n) is 6.97. The maximum Gasteiger partial charge on any atom is 0.338 e. The fourth-order valence-corrected chi connectivity index (χ4v) is 6.97. The first-order valence-electron chi connectivity index (χ1n) is 14.0. The minimum atomic E-state index is -0.672. The van der Waals surface area contributed by atoms with Gasteiger partial charge in [-0.1, -0.05) is 60.7 Å². The average Bonchev–Trinajstić information content (AvgIpc) is 3.28. The third kappa shape index (κ3) is 3.88. The molecule has 4 aliphatic rings. The minimum absolute atomic E-state index is 0.183. The van der Waals surface area contributed by atoms with Crippen LogP contribution < -0.4 is 10.2 Å². The summed E-state index contributed by atoms with van der Waals surface area (Å²) in [5, 5.41) is 2.77. The predicted molar refractivity (Wildman–Crippen MR) is 157 cm³/mol. The van der Waals surface area contributed by atoms with Crippen molar-refractivity contribution in [3.05, 3.63) is 130 Å². The molecule has 3 aliphatic carbocycles. The predicted octanol–water partition coefficient (Wildman–Crippen LogP) is 5.50. The second kappa shape index (κ2) is 9.80. The van der Waals surface area contributed by atoms with Crippen LogP contribution >= 0.6 is 0 Å². The molecular weight excluding hydrogens is 528 g/mol. The van der Waals surface area contributed by atoms with Gasteiger partial charge in [0.15, 0.2) is 6.61 Å². The maximum absolute atomic E-state index is 13.9. The van der Waals surface area contributed by atoms with Gasteiger partial charge < -0.3 is 10.1 Å². The van der Waals surface area contributed by atoms with Crippen LogP contribution in [0.3, 0.4) is 0 Å². The van der Waals surface area contributed by atoms with E-state index in [1.54, 1.807) is 18.2 Å². The van der Waals surface area contributed by atoms with Crippen LogP contribution in [0.15, 0.2) is 91.0 Å². The number of aryl methyl sites for hydroxylation is 1. The van der Waals surface area contributed by atoms with Crippen molar-refractivity contribution in [2.24, 2.45) is 11.8 Å². The number of hydrogen-bond acceptors (Lipinski definition) is 5. The smallest absolute Gasteiger partial charge is 0.338 e. The Balaban J connectivity index is 1.09. The van der Waals surface area contributed by atoms with Crippen LogP contribution in [0.5, 0.6) is 0 Å². The van der Waals surface area contributed by atoms with Gasteiger partial charge in [0, 0.05) is 17.5 Å². The second-order valence-corrected chi connectivity index (χ2v) is 11.2. The lowest BCUT2D eigenvalue weighted by atomic mass is 9.55. The molecule has 1 fully saturated rings. The zero-order chi connectivity index (χ0) is 29.1. The highest BCUT2D eigenvalue weighted by Gasteiger charge is 2.61. The van der Waals surface area contributed by atoms with E-state index in [0.29, 0.717) is 11.4 Å². The van der Waals surface area contributed by atoms with Gasteiger partial charge in [-0.05, 0) is 77.6 Å². The summed E-state index contributed by atoms with van der Waals surface area (Å²) in [6, 6.07) is 28.0. The molecule has 0 spiro atoms. The van der Waals surface area contributed by atoms with Crippen molar-refractivity contribution in [2.75, 3.05) is 16.8 Å². The summed E-state index contributed by atoms with van der Waals surface area (Å²) in [5.74, 6) is -2.88. The van der Waals surface area contributed by atoms with Gasteiger partial charge in [-0.2, -0.15) is 0 Å². The minimum Gasteiger partial charge on any atom is -0.452 e. The van der Waals surface area contributed by atoms with Crippen molar-refractivity contribution in [1.82, 2.24) is 0 Å². The van der Waals surface area contributed by atoms with Gasteiger partial charge in [-0.3, -0.25) is 14.4 Å². The molecule has 1 aliphatic heterocycles.